The van der Waals surface area contributed by atoms with Gasteiger partial charge in [-0.15, -0.1) is 0 Å². The predicted molar refractivity (Wildman–Crippen MR) is 84.5 cm³/mol. The maximum absolute atomic E-state index is 12.0. The fourth-order valence-corrected chi connectivity index (χ4v) is 5.14. The van der Waals surface area contributed by atoms with Crippen molar-refractivity contribution in [3.8, 4) is 0 Å². The summed E-state index contributed by atoms with van der Waals surface area (Å²) >= 11 is 7.80. The molecule has 0 N–H and O–H groups in total. The molecular formula is C12H18ClN3O2S2. The fourth-order valence-electron chi connectivity index (χ4n) is 2.14. The third-order valence-electron chi connectivity index (χ3n) is 3.27. The predicted octanol–water partition coefficient (Wildman–Crippen LogP) is 1.92. The van der Waals surface area contributed by atoms with E-state index in [2.05, 4.69) is 9.97 Å². The number of sulfone groups is 1. The molecule has 1 unspecified atom stereocenters. The van der Waals surface area contributed by atoms with E-state index in [1.165, 1.54) is 6.26 Å². The van der Waals surface area contributed by atoms with Gasteiger partial charge in [0.2, 0.25) is 0 Å². The van der Waals surface area contributed by atoms with E-state index in [1.54, 1.807) is 11.8 Å². The highest BCUT2D eigenvalue weighted by atomic mass is 35.5. The van der Waals surface area contributed by atoms with E-state index in [1.807, 2.05) is 18.7 Å². The molecule has 0 aliphatic carbocycles. The number of anilines is 1. The van der Waals surface area contributed by atoms with Gasteiger partial charge in [-0.2, -0.15) is 11.8 Å². The average molecular weight is 336 g/mol. The zero-order chi connectivity index (χ0) is 14.9. The highest BCUT2D eigenvalue weighted by Crippen LogP contribution is 2.30. The van der Waals surface area contributed by atoms with Gasteiger partial charge in [0.15, 0.2) is 9.84 Å². The molecule has 1 aliphatic rings. The Bertz CT molecular complexity index is 607. The number of nitrogens with zero attached hydrogens (tertiary/aromatic N) is 3. The first-order valence-corrected chi connectivity index (χ1v) is 9.89. The highest BCUT2D eigenvalue weighted by molar-refractivity contribution is 8.01. The van der Waals surface area contributed by atoms with Crippen molar-refractivity contribution in [3.63, 3.8) is 0 Å². The Kier molecular flexibility index (Phi) is 4.81. The third kappa shape index (κ3) is 3.20. The van der Waals surface area contributed by atoms with E-state index >= 15 is 0 Å². The number of halogens is 1. The maximum atomic E-state index is 12.0. The Hall–Kier alpha value is -0.530. The van der Waals surface area contributed by atoms with Gasteiger partial charge in [0, 0.05) is 36.3 Å². The smallest absolute Gasteiger partial charge is 0.169 e. The van der Waals surface area contributed by atoms with Gasteiger partial charge in [0.1, 0.15) is 22.2 Å². The maximum Gasteiger partial charge on any atom is 0.169 e. The van der Waals surface area contributed by atoms with Crippen molar-refractivity contribution in [2.45, 2.75) is 25.6 Å². The van der Waals surface area contributed by atoms with Gasteiger partial charge < -0.3 is 4.90 Å². The van der Waals surface area contributed by atoms with E-state index in [0.29, 0.717) is 35.5 Å². The van der Waals surface area contributed by atoms with Crippen LogP contribution in [0.2, 0.25) is 5.15 Å². The number of hydrogen-bond acceptors (Lipinski definition) is 6. The third-order valence-corrected chi connectivity index (χ3v) is 6.29. The number of rotatable bonds is 3. The van der Waals surface area contributed by atoms with Crippen LogP contribution in [0.1, 0.15) is 18.3 Å². The van der Waals surface area contributed by atoms with E-state index in [0.717, 1.165) is 11.3 Å². The van der Waals surface area contributed by atoms with Crippen LogP contribution in [0.5, 0.6) is 0 Å². The second kappa shape index (κ2) is 6.07. The molecular weight excluding hydrogens is 318 g/mol. The molecule has 1 aromatic rings. The van der Waals surface area contributed by atoms with Crippen LogP contribution in [0.25, 0.3) is 0 Å². The van der Waals surface area contributed by atoms with Gasteiger partial charge in [-0.1, -0.05) is 18.5 Å². The van der Waals surface area contributed by atoms with E-state index in [9.17, 15) is 8.42 Å². The van der Waals surface area contributed by atoms with Crippen LogP contribution in [0, 0.1) is 6.92 Å². The molecule has 8 heteroatoms. The van der Waals surface area contributed by atoms with Crippen LogP contribution >= 0.6 is 23.4 Å². The van der Waals surface area contributed by atoms with Crippen LogP contribution in [0.4, 0.5) is 5.82 Å². The zero-order valence-corrected chi connectivity index (χ0v) is 14.1. The monoisotopic (exact) mass is 335 g/mol. The minimum absolute atomic E-state index is 0.400. The molecule has 1 atom stereocenters. The van der Waals surface area contributed by atoms with Crippen molar-refractivity contribution in [2.24, 2.45) is 0 Å². The quantitative estimate of drug-likeness (QED) is 0.786. The molecule has 1 aromatic heterocycles. The van der Waals surface area contributed by atoms with E-state index in [-0.39, 0.29) is 0 Å². The van der Waals surface area contributed by atoms with Gasteiger partial charge >= 0.3 is 0 Å². The molecule has 1 fully saturated rings. The molecule has 1 aliphatic heterocycles. The SMILES string of the molecule is CCc1nc(Cl)c(C)c(N2CCSCC2S(C)(=O)=O)n1. The van der Waals surface area contributed by atoms with Crippen molar-refractivity contribution < 1.29 is 8.42 Å². The van der Waals surface area contributed by atoms with Crippen LogP contribution in [-0.2, 0) is 16.3 Å². The van der Waals surface area contributed by atoms with E-state index in [4.69, 9.17) is 11.6 Å². The first-order chi connectivity index (χ1) is 9.34. The fraction of sp³-hybridized carbons (Fsp3) is 0.667. The number of hydrogen-bond donors (Lipinski definition) is 0. The lowest BCUT2D eigenvalue weighted by Crippen LogP contribution is -2.47. The Labute approximate surface area is 129 Å². The Morgan fingerprint density at radius 3 is 2.75 bits per heavy atom. The number of aromatic nitrogens is 2. The van der Waals surface area contributed by atoms with Gasteiger partial charge in [0.05, 0.1) is 0 Å². The molecule has 0 saturated carbocycles. The van der Waals surface area contributed by atoms with E-state index < -0.39 is 15.2 Å². The largest absolute Gasteiger partial charge is 0.338 e. The summed E-state index contributed by atoms with van der Waals surface area (Å²) in [7, 11) is -3.17. The molecule has 0 radical (unpaired) electrons. The number of aryl methyl sites for hydroxylation is 1. The summed E-state index contributed by atoms with van der Waals surface area (Å²) in [5.74, 6) is 2.73. The molecule has 20 heavy (non-hydrogen) atoms. The topological polar surface area (TPSA) is 63.2 Å². The zero-order valence-electron chi connectivity index (χ0n) is 11.8. The van der Waals surface area contributed by atoms with Crippen molar-refractivity contribution in [1.29, 1.82) is 0 Å². The van der Waals surface area contributed by atoms with Crippen molar-refractivity contribution in [2.75, 3.05) is 29.2 Å². The molecule has 112 valence electrons. The lowest BCUT2D eigenvalue weighted by molar-refractivity contribution is 0.583. The van der Waals surface area contributed by atoms with Crippen LogP contribution in [-0.4, -0.2) is 48.1 Å². The first-order valence-electron chi connectivity index (χ1n) is 6.40. The summed E-state index contributed by atoms with van der Waals surface area (Å²) in [5, 5.41) is -0.145. The Balaban J connectivity index is 2.50. The Morgan fingerprint density at radius 2 is 2.15 bits per heavy atom. The van der Waals surface area contributed by atoms with Crippen molar-refractivity contribution >= 4 is 39.0 Å². The number of thioether (sulfide) groups is 1. The second-order valence-electron chi connectivity index (χ2n) is 4.79. The Morgan fingerprint density at radius 1 is 1.45 bits per heavy atom. The molecule has 0 aromatic carbocycles. The molecule has 0 spiro atoms. The van der Waals surface area contributed by atoms with Crippen molar-refractivity contribution in [1.82, 2.24) is 9.97 Å². The normalized spacial score (nSPS) is 20.2. The molecule has 0 bridgehead atoms. The van der Waals surface area contributed by atoms with Gasteiger partial charge in [0.25, 0.3) is 0 Å². The molecule has 5 nitrogen and oxygen atoms in total. The van der Waals surface area contributed by atoms with Crippen LogP contribution < -0.4 is 4.90 Å². The molecule has 0 amide bonds. The van der Waals surface area contributed by atoms with Gasteiger partial charge in [-0.3, -0.25) is 0 Å². The highest BCUT2D eigenvalue weighted by Gasteiger charge is 2.33. The van der Waals surface area contributed by atoms with Crippen LogP contribution in [0.15, 0.2) is 0 Å². The summed E-state index contributed by atoms with van der Waals surface area (Å²) in [6, 6.07) is 0. The summed E-state index contributed by atoms with van der Waals surface area (Å²) in [6.45, 7) is 4.43. The summed E-state index contributed by atoms with van der Waals surface area (Å²) < 4.78 is 24.0. The minimum atomic E-state index is -3.17. The molecule has 2 rings (SSSR count). The second-order valence-corrected chi connectivity index (χ2v) is 8.50. The summed E-state index contributed by atoms with van der Waals surface area (Å²) in [6.07, 6.45) is 1.94. The summed E-state index contributed by atoms with van der Waals surface area (Å²) in [5.41, 5.74) is 0.740. The lowest BCUT2D eigenvalue weighted by Gasteiger charge is -2.35. The standard InChI is InChI=1S/C12H18ClN3O2S2/c1-4-9-14-11(13)8(2)12(15-9)16-5-6-19-7-10(16)20(3,17)18/h10H,4-7H2,1-3H3. The molecule has 2 heterocycles. The minimum Gasteiger partial charge on any atom is -0.338 e. The van der Waals surface area contributed by atoms with Crippen molar-refractivity contribution in [3.05, 3.63) is 16.5 Å². The van der Waals surface area contributed by atoms with Gasteiger partial charge in [-0.25, -0.2) is 18.4 Å². The molecule has 1 saturated heterocycles. The lowest BCUT2D eigenvalue weighted by atomic mass is 10.3. The summed E-state index contributed by atoms with van der Waals surface area (Å²) in [4.78, 5) is 10.6. The van der Waals surface area contributed by atoms with Crippen LogP contribution in [0.3, 0.4) is 0 Å². The van der Waals surface area contributed by atoms with Gasteiger partial charge in [-0.05, 0) is 6.92 Å². The average Bonchev–Trinajstić information content (AvgIpc) is 2.40. The first kappa shape index (κ1) is 15.9.